The van der Waals surface area contributed by atoms with Crippen LogP contribution in [-0.2, 0) is 19.7 Å². The van der Waals surface area contributed by atoms with Crippen LogP contribution < -0.4 is 15.9 Å². The lowest BCUT2D eigenvalue weighted by atomic mass is 9.86. The minimum absolute atomic E-state index is 0.0579. The maximum absolute atomic E-state index is 13.8. The topological polar surface area (TPSA) is 119 Å². The quantitative estimate of drug-likeness (QED) is 0.337. The van der Waals surface area contributed by atoms with Gasteiger partial charge in [0.1, 0.15) is 12.4 Å². The second kappa shape index (κ2) is 10.8. The molecule has 4 aromatic rings. The number of ether oxygens (including phenoxy) is 1. The van der Waals surface area contributed by atoms with Crippen molar-refractivity contribution in [3.63, 3.8) is 0 Å². The van der Waals surface area contributed by atoms with E-state index >= 15 is 0 Å². The molecule has 0 spiro atoms. The molecule has 4 heterocycles. The highest BCUT2D eigenvalue weighted by molar-refractivity contribution is 7.99. The van der Waals surface area contributed by atoms with Crippen molar-refractivity contribution in [1.82, 2.24) is 19.1 Å². The van der Waals surface area contributed by atoms with Gasteiger partial charge in [-0.3, -0.25) is 18.7 Å². The van der Waals surface area contributed by atoms with Crippen LogP contribution in [0, 0.1) is 0 Å². The van der Waals surface area contributed by atoms with E-state index in [1.165, 1.54) is 32.7 Å². The van der Waals surface area contributed by atoms with E-state index in [1.54, 1.807) is 24.3 Å². The predicted octanol–water partition coefficient (Wildman–Crippen LogP) is 3.96. The molecule has 2 aliphatic rings. The first-order valence-corrected chi connectivity index (χ1v) is 14.7. The third-order valence-electron chi connectivity index (χ3n) is 6.85. The Morgan fingerprint density at radius 1 is 0.795 bits per heavy atom. The van der Waals surface area contributed by atoms with Crippen molar-refractivity contribution < 1.29 is 14.9 Å². The highest BCUT2D eigenvalue weighted by Gasteiger charge is 2.34. The lowest BCUT2D eigenvalue weighted by Gasteiger charge is -2.24. The van der Waals surface area contributed by atoms with E-state index in [-0.39, 0.29) is 11.1 Å². The number of fused-ring (bicyclic) bond motifs is 2. The number of benzene rings is 2. The number of hydrogen-bond donors (Lipinski definition) is 2. The molecule has 11 heteroatoms. The van der Waals surface area contributed by atoms with Crippen LogP contribution in [0.15, 0.2) is 74.5 Å². The summed E-state index contributed by atoms with van der Waals surface area (Å²) in [5.74, 6) is 0.212. The van der Waals surface area contributed by atoms with Crippen molar-refractivity contribution in [3.8, 4) is 17.5 Å². The van der Waals surface area contributed by atoms with Gasteiger partial charge in [0.25, 0.3) is 11.1 Å². The van der Waals surface area contributed by atoms with Gasteiger partial charge in [-0.05, 0) is 36.1 Å². The average Bonchev–Trinajstić information content (AvgIpc) is 2.96. The van der Waals surface area contributed by atoms with Gasteiger partial charge in [-0.25, -0.2) is 0 Å². The standard InChI is InChI=1S/C28H26N4O5S2/c33-23-21(25(35)31-12-4-14-38-27(31)29-23)20(22-24(34)30-28-32(26(22)36)13-5-15-39-28)18-8-10-19(11-9-18)37-16-17-6-2-1-3-7-17/h1-3,6-11,20,33-34H,4-5,12-16H2. The fourth-order valence-electron chi connectivity index (χ4n) is 4.95. The maximum Gasteiger partial charge on any atom is 0.262 e. The zero-order chi connectivity index (χ0) is 26.9. The van der Waals surface area contributed by atoms with E-state index in [0.29, 0.717) is 41.3 Å². The van der Waals surface area contributed by atoms with Crippen molar-refractivity contribution >= 4 is 23.5 Å². The van der Waals surface area contributed by atoms with Gasteiger partial charge in [0.2, 0.25) is 11.8 Å². The van der Waals surface area contributed by atoms with Crippen LogP contribution in [0.3, 0.4) is 0 Å². The summed E-state index contributed by atoms with van der Waals surface area (Å²) in [5.41, 5.74) is 0.560. The van der Waals surface area contributed by atoms with Gasteiger partial charge in [-0.1, -0.05) is 66.0 Å². The number of aromatic hydroxyl groups is 2. The van der Waals surface area contributed by atoms with Crippen LogP contribution >= 0.6 is 23.5 Å². The Kier molecular flexibility index (Phi) is 7.09. The van der Waals surface area contributed by atoms with E-state index in [0.717, 1.165) is 29.9 Å². The summed E-state index contributed by atoms with van der Waals surface area (Å²) in [6.07, 6.45) is 1.57. The van der Waals surface area contributed by atoms with E-state index < -0.39 is 28.8 Å². The molecule has 0 atom stereocenters. The molecule has 0 bridgehead atoms. The summed E-state index contributed by atoms with van der Waals surface area (Å²) in [4.78, 5) is 36.2. The second-order valence-corrected chi connectivity index (χ2v) is 11.5. The van der Waals surface area contributed by atoms with Gasteiger partial charge in [0, 0.05) is 24.6 Å². The largest absolute Gasteiger partial charge is 0.493 e. The van der Waals surface area contributed by atoms with Gasteiger partial charge in [0.05, 0.1) is 17.0 Å². The third-order valence-corrected chi connectivity index (χ3v) is 8.98. The van der Waals surface area contributed by atoms with Crippen LogP contribution in [-0.4, -0.2) is 40.8 Å². The summed E-state index contributed by atoms with van der Waals surface area (Å²) in [6, 6.07) is 16.7. The van der Waals surface area contributed by atoms with Crippen molar-refractivity contribution in [3.05, 3.63) is 97.6 Å². The van der Waals surface area contributed by atoms with Gasteiger partial charge in [-0.15, -0.1) is 0 Å². The van der Waals surface area contributed by atoms with Crippen molar-refractivity contribution in [1.29, 1.82) is 0 Å². The molecular weight excluding hydrogens is 536 g/mol. The molecule has 9 nitrogen and oxygen atoms in total. The lowest BCUT2D eigenvalue weighted by molar-refractivity contribution is 0.306. The van der Waals surface area contributed by atoms with Crippen molar-refractivity contribution in [2.24, 2.45) is 0 Å². The van der Waals surface area contributed by atoms with Crippen LogP contribution in [0.2, 0.25) is 0 Å². The molecule has 0 fully saturated rings. The highest BCUT2D eigenvalue weighted by atomic mass is 32.2. The molecule has 0 amide bonds. The SMILES string of the molecule is O=c1c(C(c2ccc(OCc3ccccc3)cc2)c2c(O)nc3n(c2=O)CCCS3)c(O)nc2n1CCCS2. The lowest BCUT2D eigenvalue weighted by Crippen LogP contribution is -2.35. The molecular formula is C28H26N4O5S2. The molecule has 2 aromatic heterocycles. The molecule has 39 heavy (non-hydrogen) atoms. The first-order valence-electron chi connectivity index (χ1n) is 12.7. The number of hydrogen-bond acceptors (Lipinski definition) is 9. The molecule has 0 aliphatic carbocycles. The van der Waals surface area contributed by atoms with E-state index in [1.807, 2.05) is 30.3 Å². The molecule has 0 saturated heterocycles. The Morgan fingerprint density at radius 2 is 1.33 bits per heavy atom. The summed E-state index contributed by atoms with van der Waals surface area (Å²) < 4.78 is 8.98. The van der Waals surface area contributed by atoms with E-state index in [4.69, 9.17) is 4.74 Å². The maximum atomic E-state index is 13.8. The molecule has 0 unspecified atom stereocenters. The molecule has 6 rings (SSSR count). The first-order chi connectivity index (χ1) is 19.0. The van der Waals surface area contributed by atoms with E-state index in [9.17, 15) is 19.8 Å². The molecule has 2 aromatic carbocycles. The van der Waals surface area contributed by atoms with Gasteiger partial charge in [0.15, 0.2) is 10.3 Å². The fourth-order valence-corrected chi connectivity index (χ4v) is 6.82. The minimum Gasteiger partial charge on any atom is -0.493 e. The third kappa shape index (κ3) is 4.92. The van der Waals surface area contributed by atoms with Gasteiger partial charge >= 0.3 is 0 Å². The highest BCUT2D eigenvalue weighted by Crippen LogP contribution is 2.38. The molecule has 0 saturated carbocycles. The fraction of sp³-hybridized carbons (Fsp3) is 0.286. The van der Waals surface area contributed by atoms with Crippen molar-refractivity contribution in [2.45, 2.75) is 48.8 Å². The number of nitrogens with zero attached hydrogens (tertiary/aromatic N) is 4. The summed E-state index contributed by atoms with van der Waals surface area (Å²) in [7, 11) is 0. The Labute approximate surface area is 232 Å². The van der Waals surface area contributed by atoms with Crippen LogP contribution in [0.1, 0.15) is 41.0 Å². The van der Waals surface area contributed by atoms with E-state index in [2.05, 4.69) is 9.97 Å². The number of aromatic nitrogens is 4. The smallest absolute Gasteiger partial charge is 0.262 e. The Morgan fingerprint density at radius 3 is 1.87 bits per heavy atom. The van der Waals surface area contributed by atoms with Crippen LogP contribution in [0.25, 0.3) is 0 Å². The summed E-state index contributed by atoms with van der Waals surface area (Å²) in [5, 5.41) is 23.0. The molecule has 2 aliphatic heterocycles. The Balaban J connectivity index is 1.47. The first kappa shape index (κ1) is 25.6. The average molecular weight is 563 g/mol. The van der Waals surface area contributed by atoms with Gasteiger partial charge in [-0.2, -0.15) is 9.97 Å². The summed E-state index contributed by atoms with van der Waals surface area (Å²) >= 11 is 2.81. The zero-order valence-electron chi connectivity index (χ0n) is 20.9. The van der Waals surface area contributed by atoms with Crippen LogP contribution in [0.4, 0.5) is 0 Å². The summed E-state index contributed by atoms with van der Waals surface area (Å²) in [6.45, 7) is 1.31. The number of rotatable bonds is 6. The number of thioether (sulfide) groups is 2. The van der Waals surface area contributed by atoms with Gasteiger partial charge < -0.3 is 14.9 Å². The zero-order valence-corrected chi connectivity index (χ0v) is 22.6. The second-order valence-electron chi connectivity index (χ2n) is 9.36. The minimum atomic E-state index is -1.08. The molecule has 200 valence electrons. The van der Waals surface area contributed by atoms with Crippen LogP contribution in [0.5, 0.6) is 17.5 Å². The predicted molar refractivity (Wildman–Crippen MR) is 149 cm³/mol. The molecule has 0 radical (unpaired) electrons. The molecule has 2 N–H and O–H groups in total. The Bertz CT molecular complexity index is 1560. The monoisotopic (exact) mass is 562 g/mol. The Hall–Kier alpha value is -3.70. The normalized spacial score (nSPS) is 14.6. The van der Waals surface area contributed by atoms with Crippen molar-refractivity contribution in [2.75, 3.05) is 11.5 Å².